The lowest BCUT2D eigenvalue weighted by atomic mass is 10.1. The largest absolute Gasteiger partial charge is 0.321 e. The van der Waals surface area contributed by atoms with Crippen LogP contribution in [0.1, 0.15) is 11.1 Å². The van der Waals surface area contributed by atoms with Crippen molar-refractivity contribution < 1.29 is 0 Å². The van der Waals surface area contributed by atoms with Gasteiger partial charge in [-0.2, -0.15) is 5.10 Å². The van der Waals surface area contributed by atoms with Crippen LogP contribution in [-0.4, -0.2) is 11.2 Å². The second kappa shape index (κ2) is 5.63. The van der Waals surface area contributed by atoms with Gasteiger partial charge >= 0.3 is 0 Å². The van der Waals surface area contributed by atoms with E-state index in [4.69, 9.17) is 0 Å². The SMILES string of the molecule is Cc1ccc2[nH]c(=O)c(/C=N/Nc3ccccc3)cc2c1. The summed E-state index contributed by atoms with van der Waals surface area (Å²) in [6, 6.07) is 17.4. The van der Waals surface area contributed by atoms with E-state index in [2.05, 4.69) is 15.5 Å². The molecule has 3 rings (SSSR count). The Bertz CT molecular complexity index is 851. The molecule has 2 aromatic carbocycles. The Hall–Kier alpha value is -2.88. The molecule has 0 fully saturated rings. The van der Waals surface area contributed by atoms with Gasteiger partial charge in [0.25, 0.3) is 5.56 Å². The first-order chi connectivity index (χ1) is 10.2. The van der Waals surface area contributed by atoms with Crippen molar-refractivity contribution in [3.05, 3.63) is 76.1 Å². The smallest absolute Gasteiger partial charge is 0.257 e. The third-order valence-corrected chi connectivity index (χ3v) is 3.20. The summed E-state index contributed by atoms with van der Waals surface area (Å²) in [5.74, 6) is 0. The third-order valence-electron chi connectivity index (χ3n) is 3.20. The van der Waals surface area contributed by atoms with Crippen LogP contribution in [0.5, 0.6) is 0 Å². The van der Waals surface area contributed by atoms with Crippen LogP contribution < -0.4 is 11.0 Å². The number of nitrogens with one attached hydrogen (secondary N) is 2. The van der Waals surface area contributed by atoms with E-state index in [9.17, 15) is 4.79 Å². The highest BCUT2D eigenvalue weighted by Gasteiger charge is 2.00. The molecule has 0 saturated carbocycles. The number of benzene rings is 2. The summed E-state index contributed by atoms with van der Waals surface area (Å²) in [7, 11) is 0. The highest BCUT2D eigenvalue weighted by Crippen LogP contribution is 2.12. The number of para-hydroxylation sites is 1. The molecule has 4 nitrogen and oxygen atoms in total. The summed E-state index contributed by atoms with van der Waals surface area (Å²) in [5, 5.41) is 5.10. The summed E-state index contributed by atoms with van der Waals surface area (Å²) < 4.78 is 0. The summed E-state index contributed by atoms with van der Waals surface area (Å²) in [4.78, 5) is 14.8. The first kappa shape index (κ1) is 13.1. The molecule has 0 saturated heterocycles. The highest BCUT2D eigenvalue weighted by molar-refractivity contribution is 5.88. The van der Waals surface area contributed by atoms with Crippen LogP contribution >= 0.6 is 0 Å². The Morgan fingerprint density at radius 1 is 1.10 bits per heavy atom. The van der Waals surface area contributed by atoms with Crippen LogP contribution in [0, 0.1) is 6.92 Å². The number of nitrogens with zero attached hydrogens (tertiary/aromatic N) is 1. The van der Waals surface area contributed by atoms with Crippen LogP contribution in [0.4, 0.5) is 5.69 Å². The van der Waals surface area contributed by atoms with Crippen molar-refractivity contribution in [3.8, 4) is 0 Å². The van der Waals surface area contributed by atoms with Crippen molar-refractivity contribution in [2.24, 2.45) is 5.10 Å². The second-order valence-corrected chi connectivity index (χ2v) is 4.88. The Balaban J connectivity index is 1.89. The Morgan fingerprint density at radius 3 is 2.71 bits per heavy atom. The predicted octanol–water partition coefficient (Wildman–Crippen LogP) is 3.28. The molecule has 0 amide bonds. The van der Waals surface area contributed by atoms with Gasteiger partial charge in [0.15, 0.2) is 0 Å². The van der Waals surface area contributed by atoms with Crippen molar-refractivity contribution in [2.45, 2.75) is 6.92 Å². The molecule has 21 heavy (non-hydrogen) atoms. The third kappa shape index (κ3) is 3.00. The fourth-order valence-corrected chi connectivity index (χ4v) is 2.13. The van der Waals surface area contributed by atoms with Gasteiger partial charge in [-0.1, -0.05) is 29.8 Å². The molecule has 0 radical (unpaired) electrons. The fourth-order valence-electron chi connectivity index (χ4n) is 2.13. The van der Waals surface area contributed by atoms with Crippen molar-refractivity contribution in [2.75, 3.05) is 5.43 Å². The molecule has 2 N–H and O–H groups in total. The second-order valence-electron chi connectivity index (χ2n) is 4.88. The normalized spacial score (nSPS) is 11.1. The highest BCUT2D eigenvalue weighted by atomic mass is 16.1. The molecular formula is C17H15N3O. The zero-order valence-corrected chi connectivity index (χ0v) is 11.6. The maximum Gasteiger partial charge on any atom is 0.257 e. The van der Waals surface area contributed by atoms with Crippen molar-refractivity contribution in [3.63, 3.8) is 0 Å². The van der Waals surface area contributed by atoms with E-state index >= 15 is 0 Å². The average Bonchev–Trinajstić information content (AvgIpc) is 2.49. The number of hydrogen-bond donors (Lipinski definition) is 2. The summed E-state index contributed by atoms with van der Waals surface area (Å²) in [6.45, 7) is 2.02. The molecule has 1 heterocycles. The Kier molecular flexibility index (Phi) is 3.51. The number of anilines is 1. The minimum atomic E-state index is -0.148. The standard InChI is InChI=1S/C17H15N3O/c1-12-7-8-16-13(9-12)10-14(17(21)19-16)11-18-20-15-5-3-2-4-6-15/h2-11,20H,1H3,(H,19,21)/b18-11+. The van der Waals surface area contributed by atoms with Crippen LogP contribution in [0.15, 0.2) is 64.5 Å². The van der Waals surface area contributed by atoms with Crippen molar-refractivity contribution in [1.29, 1.82) is 0 Å². The monoisotopic (exact) mass is 277 g/mol. The van der Waals surface area contributed by atoms with Crippen LogP contribution in [0.2, 0.25) is 0 Å². The average molecular weight is 277 g/mol. The fraction of sp³-hybridized carbons (Fsp3) is 0.0588. The molecular weight excluding hydrogens is 262 g/mol. The van der Waals surface area contributed by atoms with Crippen molar-refractivity contribution >= 4 is 22.8 Å². The zero-order valence-electron chi connectivity index (χ0n) is 11.6. The number of pyridine rings is 1. The number of aryl methyl sites for hydroxylation is 1. The van der Waals surface area contributed by atoms with Crippen LogP contribution in [-0.2, 0) is 0 Å². The van der Waals surface area contributed by atoms with Gasteiger partial charge in [0.05, 0.1) is 17.5 Å². The minimum absolute atomic E-state index is 0.148. The first-order valence-electron chi connectivity index (χ1n) is 6.70. The number of hydrazone groups is 1. The molecule has 4 heteroatoms. The molecule has 104 valence electrons. The molecule has 0 spiro atoms. The van der Waals surface area contributed by atoms with Gasteiger partial charge in [-0.15, -0.1) is 0 Å². The maximum absolute atomic E-state index is 12.0. The number of aromatic nitrogens is 1. The number of rotatable bonds is 3. The maximum atomic E-state index is 12.0. The lowest BCUT2D eigenvalue weighted by Crippen LogP contribution is -2.12. The van der Waals surface area contributed by atoms with Crippen molar-refractivity contribution in [1.82, 2.24) is 4.98 Å². The van der Waals surface area contributed by atoms with E-state index in [0.29, 0.717) is 5.56 Å². The van der Waals surface area contributed by atoms with E-state index in [0.717, 1.165) is 22.2 Å². The minimum Gasteiger partial charge on any atom is -0.321 e. The molecule has 0 unspecified atom stereocenters. The van der Waals surface area contributed by atoms with E-state index < -0.39 is 0 Å². The summed E-state index contributed by atoms with van der Waals surface area (Å²) >= 11 is 0. The number of H-pyrrole nitrogens is 1. The quantitative estimate of drug-likeness (QED) is 0.570. The van der Waals surface area contributed by atoms with Gasteiger partial charge in [0.1, 0.15) is 0 Å². The molecule has 3 aromatic rings. The predicted molar refractivity (Wildman–Crippen MR) is 87.0 cm³/mol. The molecule has 0 bridgehead atoms. The topological polar surface area (TPSA) is 57.2 Å². The summed E-state index contributed by atoms with van der Waals surface area (Å²) in [5.41, 5.74) is 6.13. The first-order valence-corrected chi connectivity index (χ1v) is 6.70. The van der Waals surface area contributed by atoms with Gasteiger partial charge in [0.2, 0.25) is 0 Å². The van der Waals surface area contributed by atoms with E-state index in [1.54, 1.807) is 0 Å². The van der Waals surface area contributed by atoms with Gasteiger partial charge in [-0.05, 0) is 42.6 Å². The van der Waals surface area contributed by atoms with E-state index in [1.807, 2.05) is 61.5 Å². The molecule has 0 aliphatic rings. The number of fused-ring (bicyclic) bond motifs is 1. The van der Waals surface area contributed by atoms with E-state index in [1.165, 1.54) is 6.21 Å². The summed E-state index contributed by atoms with van der Waals surface area (Å²) in [6.07, 6.45) is 1.54. The molecule has 1 aromatic heterocycles. The molecule has 0 aliphatic heterocycles. The zero-order chi connectivity index (χ0) is 14.7. The van der Waals surface area contributed by atoms with Gasteiger partial charge in [-0.25, -0.2) is 0 Å². The molecule has 0 atom stereocenters. The molecule has 0 aliphatic carbocycles. The van der Waals surface area contributed by atoms with Crippen LogP contribution in [0.3, 0.4) is 0 Å². The Labute approximate surface area is 122 Å². The van der Waals surface area contributed by atoms with Gasteiger partial charge in [0, 0.05) is 5.52 Å². The number of hydrogen-bond acceptors (Lipinski definition) is 3. The Morgan fingerprint density at radius 2 is 1.90 bits per heavy atom. The van der Waals surface area contributed by atoms with Crippen LogP contribution in [0.25, 0.3) is 10.9 Å². The lowest BCUT2D eigenvalue weighted by molar-refractivity contribution is 1.28. The van der Waals surface area contributed by atoms with Gasteiger partial charge < -0.3 is 4.98 Å². The lowest BCUT2D eigenvalue weighted by Gasteiger charge is -2.01. The number of aromatic amines is 1. The van der Waals surface area contributed by atoms with Gasteiger partial charge in [-0.3, -0.25) is 10.2 Å². The van der Waals surface area contributed by atoms with E-state index in [-0.39, 0.29) is 5.56 Å².